The maximum absolute atomic E-state index is 7.14. The molecule has 0 N–H and O–H groups in total. The Morgan fingerprint density at radius 1 is 0.295 bits per heavy atom. The van der Waals surface area contributed by atoms with Crippen LogP contribution in [0.2, 0.25) is 0 Å². The van der Waals surface area contributed by atoms with Gasteiger partial charge in [-0.15, -0.1) is 0 Å². The lowest BCUT2D eigenvalue weighted by Crippen LogP contribution is -2.20. The van der Waals surface area contributed by atoms with E-state index < -0.39 is 0 Å². The average molecular weight is 1210 g/mol. The summed E-state index contributed by atoms with van der Waals surface area (Å²) in [5.74, 6) is 3.39. The third kappa shape index (κ3) is 22.2. The van der Waals surface area contributed by atoms with Gasteiger partial charge in [0.25, 0.3) is 0 Å². The summed E-state index contributed by atoms with van der Waals surface area (Å²) in [6, 6.07) is 31.5. The van der Waals surface area contributed by atoms with Crippen molar-refractivity contribution >= 4 is 0 Å². The van der Waals surface area contributed by atoms with Crippen molar-refractivity contribution in [3.8, 4) is 23.0 Å². The van der Waals surface area contributed by atoms with Crippen molar-refractivity contribution in [3.63, 3.8) is 0 Å². The molecular formula is C72H104N8O8. The van der Waals surface area contributed by atoms with Crippen LogP contribution in [0.15, 0.2) is 84.9 Å². The van der Waals surface area contributed by atoms with Gasteiger partial charge in [-0.05, 0) is 189 Å². The number of hydrogen-bond donors (Lipinski definition) is 0. The second-order valence-electron chi connectivity index (χ2n) is 24.4. The van der Waals surface area contributed by atoms with Crippen LogP contribution in [0.5, 0.6) is 23.0 Å². The van der Waals surface area contributed by atoms with Crippen LogP contribution in [-0.4, -0.2) is 189 Å². The Labute approximate surface area is 527 Å². The fourth-order valence-electron chi connectivity index (χ4n) is 11.7. The zero-order valence-corrected chi connectivity index (χ0v) is 55.9. The molecule has 0 saturated heterocycles. The summed E-state index contributed by atoms with van der Waals surface area (Å²) in [6.07, 6.45) is 2.12. The van der Waals surface area contributed by atoms with Crippen molar-refractivity contribution in [1.82, 2.24) is 39.4 Å². The van der Waals surface area contributed by atoms with Crippen LogP contribution in [0.3, 0.4) is 0 Å². The van der Waals surface area contributed by atoms with Crippen molar-refractivity contribution in [3.05, 3.63) is 174 Å². The number of nitrogens with zero attached hydrogens (tertiary/aromatic N) is 8. The quantitative estimate of drug-likeness (QED) is 0.0346. The minimum Gasteiger partial charge on any atom is -0.491 e. The zero-order valence-electron chi connectivity index (χ0n) is 55.9. The molecule has 8 bridgehead atoms. The van der Waals surface area contributed by atoms with Crippen LogP contribution in [-0.2, 0) is 97.0 Å². The van der Waals surface area contributed by atoms with Gasteiger partial charge in [-0.2, -0.15) is 0 Å². The molecule has 0 radical (unpaired) electrons. The molecule has 88 heavy (non-hydrogen) atoms. The van der Waals surface area contributed by atoms with Gasteiger partial charge in [0.2, 0.25) is 0 Å². The average Bonchev–Trinajstić information content (AvgIpc) is 3.19. The second kappa shape index (κ2) is 36.0. The molecular weight excluding hydrogens is 1100 g/mol. The molecule has 0 unspecified atom stereocenters. The fraction of sp³-hybridized carbons (Fsp3) is 0.528. The molecule has 1 aliphatic rings. The van der Waals surface area contributed by atoms with Crippen molar-refractivity contribution in [2.45, 2.75) is 106 Å². The lowest BCUT2D eigenvalue weighted by molar-refractivity contribution is 0.108. The minimum absolute atomic E-state index is 0.381. The largest absolute Gasteiger partial charge is 0.491 e. The van der Waals surface area contributed by atoms with Crippen LogP contribution in [0.1, 0.15) is 117 Å². The topological polar surface area (TPSA) is 119 Å². The molecule has 16 heteroatoms. The van der Waals surface area contributed by atoms with Crippen LogP contribution in [0, 0.1) is 0 Å². The van der Waals surface area contributed by atoms with Gasteiger partial charge in [-0.25, -0.2) is 0 Å². The van der Waals surface area contributed by atoms with Gasteiger partial charge in [0, 0.05) is 104 Å². The molecule has 0 spiro atoms. The number of pyridine rings is 2. The van der Waals surface area contributed by atoms with E-state index in [0.29, 0.717) is 131 Å². The molecule has 0 atom stereocenters. The van der Waals surface area contributed by atoms with Crippen LogP contribution >= 0.6 is 0 Å². The van der Waals surface area contributed by atoms with Crippen molar-refractivity contribution in [2.24, 2.45) is 0 Å². The van der Waals surface area contributed by atoms with E-state index in [2.05, 4.69) is 185 Å². The van der Waals surface area contributed by atoms with Gasteiger partial charge in [0.15, 0.2) is 0 Å². The van der Waals surface area contributed by atoms with Crippen LogP contribution in [0.25, 0.3) is 0 Å². The van der Waals surface area contributed by atoms with E-state index in [1.807, 2.05) is 27.7 Å². The number of fused-ring (bicyclic) bond motifs is 8. The number of benzene rings is 4. The Morgan fingerprint density at radius 3 is 0.750 bits per heavy atom. The molecule has 6 aromatic rings. The summed E-state index contributed by atoms with van der Waals surface area (Å²) in [6.45, 7) is 19.5. The summed E-state index contributed by atoms with van der Waals surface area (Å²) in [7, 11) is 21.2. The molecule has 2 heterocycles. The van der Waals surface area contributed by atoms with Gasteiger partial charge in [0.05, 0.1) is 49.2 Å². The number of aromatic nitrogens is 2. The van der Waals surface area contributed by atoms with Crippen molar-refractivity contribution < 1.29 is 37.9 Å². The summed E-state index contributed by atoms with van der Waals surface area (Å²) in [5.41, 5.74) is 17.4. The summed E-state index contributed by atoms with van der Waals surface area (Å²) in [5, 5.41) is 0. The Kier molecular flexibility index (Phi) is 28.4. The highest BCUT2D eigenvalue weighted by molar-refractivity contribution is 5.59. The van der Waals surface area contributed by atoms with E-state index >= 15 is 0 Å². The number of hydrogen-bond acceptors (Lipinski definition) is 16. The molecule has 1 aliphatic carbocycles. The predicted octanol–water partition coefficient (Wildman–Crippen LogP) is 10.3. The standard InChI is InChI=1S/C72H104N8O8/c1-15-81-25-29-85-69-57-33-53(45-75(5)6)34-58(69)42-62-38-56(48-80(14)52-68-24-20-22-66(74-68)50-78(11)12)40-64(72(62)88-32-28-84-18-4)44-60-36-54(46-76(7)8)35-59(70(60)86-30-26-82-16-2)43-63-39-55(37-61(41-57)71(63)87-31-27-83-17-3)47-79(13)51-67-23-19-21-65(73-67)49-77(9)10/h19-24,33-40H,15-18,25-32,41-52H2,1-14H3. The SMILES string of the molecule is CCOCCOc1c2cc(CN(C)C)cc1Cc1cc(CN(C)Cc3cccc(CN(C)C)n3)cc(c1OCCOCC)Cc1cc(CN(C)C)cc(c1OCCOCC)Cc1cc(CN(C)Cc3cccc(CN(C)C)n3)cc(c1OCCOCC)C2. The first-order valence-electron chi connectivity index (χ1n) is 31.8. The summed E-state index contributed by atoms with van der Waals surface area (Å²) < 4.78 is 52.5. The van der Waals surface area contributed by atoms with Crippen molar-refractivity contribution in [1.29, 1.82) is 0 Å². The first kappa shape index (κ1) is 69.5. The summed E-state index contributed by atoms with van der Waals surface area (Å²) in [4.78, 5) is 23.7. The zero-order chi connectivity index (χ0) is 63.0. The molecule has 4 aromatic carbocycles. The normalized spacial score (nSPS) is 12.6. The molecule has 2 aromatic heterocycles. The maximum Gasteiger partial charge on any atom is 0.126 e. The minimum atomic E-state index is 0.381. The molecule has 0 fully saturated rings. The molecule has 480 valence electrons. The lowest BCUT2D eigenvalue weighted by atomic mass is 9.88. The van der Waals surface area contributed by atoms with Crippen LogP contribution < -0.4 is 18.9 Å². The maximum atomic E-state index is 7.14. The third-order valence-corrected chi connectivity index (χ3v) is 14.9. The highest BCUT2D eigenvalue weighted by Crippen LogP contribution is 2.42. The second-order valence-corrected chi connectivity index (χ2v) is 24.4. The summed E-state index contributed by atoms with van der Waals surface area (Å²) >= 11 is 0. The number of rotatable bonds is 36. The van der Waals surface area contributed by atoms with Gasteiger partial charge in [-0.1, -0.05) is 60.7 Å². The van der Waals surface area contributed by atoms with E-state index in [1.165, 1.54) is 22.3 Å². The molecule has 0 saturated carbocycles. The fourth-order valence-corrected chi connectivity index (χ4v) is 11.7. The monoisotopic (exact) mass is 1210 g/mol. The first-order valence-corrected chi connectivity index (χ1v) is 31.8. The van der Waals surface area contributed by atoms with Gasteiger partial charge >= 0.3 is 0 Å². The van der Waals surface area contributed by atoms with E-state index in [9.17, 15) is 0 Å². The first-order chi connectivity index (χ1) is 42.5. The van der Waals surface area contributed by atoms with Gasteiger partial charge in [-0.3, -0.25) is 19.8 Å². The Balaban J connectivity index is 1.52. The molecule has 0 aliphatic heterocycles. The Hall–Kier alpha value is -6.02. The van der Waals surface area contributed by atoms with E-state index in [1.54, 1.807) is 0 Å². The third-order valence-electron chi connectivity index (χ3n) is 14.9. The Morgan fingerprint density at radius 2 is 0.523 bits per heavy atom. The van der Waals surface area contributed by atoms with E-state index in [-0.39, 0.29) is 0 Å². The molecule has 0 amide bonds. The highest BCUT2D eigenvalue weighted by atomic mass is 16.5. The smallest absolute Gasteiger partial charge is 0.126 e. The van der Waals surface area contributed by atoms with E-state index in [4.69, 9.17) is 47.9 Å². The Bertz CT molecular complexity index is 2800. The lowest BCUT2D eigenvalue weighted by Gasteiger charge is -2.26. The van der Waals surface area contributed by atoms with Crippen LogP contribution in [0.4, 0.5) is 0 Å². The van der Waals surface area contributed by atoms with E-state index in [0.717, 1.165) is 116 Å². The predicted molar refractivity (Wildman–Crippen MR) is 353 cm³/mol. The van der Waals surface area contributed by atoms with Gasteiger partial charge < -0.3 is 57.5 Å². The highest BCUT2D eigenvalue weighted by Gasteiger charge is 2.26. The molecule has 7 rings (SSSR count). The van der Waals surface area contributed by atoms with Crippen molar-refractivity contribution in [2.75, 3.05) is 150 Å². The number of ether oxygens (including phenoxy) is 8. The van der Waals surface area contributed by atoms with Gasteiger partial charge in [0.1, 0.15) is 49.4 Å². The molecule has 16 nitrogen and oxygen atoms in total.